The summed E-state index contributed by atoms with van der Waals surface area (Å²) < 4.78 is 8.12. The van der Waals surface area contributed by atoms with Gasteiger partial charge >= 0.3 is 0 Å². The van der Waals surface area contributed by atoms with Gasteiger partial charge in [-0.2, -0.15) is 0 Å². The summed E-state index contributed by atoms with van der Waals surface area (Å²) in [5, 5.41) is 13.4. The summed E-state index contributed by atoms with van der Waals surface area (Å²) in [6.45, 7) is 3.40. The molecule has 0 bridgehead atoms. The van der Waals surface area contributed by atoms with Crippen LogP contribution in [0.3, 0.4) is 0 Å². The van der Waals surface area contributed by atoms with Crippen molar-refractivity contribution in [3.8, 4) is 0 Å². The van der Waals surface area contributed by atoms with Crippen LogP contribution in [0.15, 0.2) is 4.63 Å². The largest absolute Gasteiger partial charge is 0.301 e. The predicted molar refractivity (Wildman–Crippen MR) is 51.6 cm³/mol. The molecular formula is C7H7N5O2S. The van der Waals surface area contributed by atoms with Crippen molar-refractivity contribution in [3.05, 3.63) is 16.3 Å². The summed E-state index contributed by atoms with van der Waals surface area (Å²) in [6.07, 6.45) is 0. The summed E-state index contributed by atoms with van der Waals surface area (Å²) in [7, 11) is 0. The third-order valence-electron chi connectivity index (χ3n) is 1.74. The molecule has 0 aliphatic carbocycles. The molecule has 0 aliphatic heterocycles. The zero-order valence-electron chi connectivity index (χ0n) is 8.01. The molecular weight excluding hydrogens is 218 g/mol. The number of rotatable bonds is 2. The molecule has 2 heterocycles. The van der Waals surface area contributed by atoms with E-state index in [9.17, 15) is 4.79 Å². The molecule has 2 aromatic heterocycles. The second-order valence-electron chi connectivity index (χ2n) is 2.84. The van der Waals surface area contributed by atoms with Crippen LogP contribution in [-0.4, -0.2) is 25.8 Å². The van der Waals surface area contributed by atoms with Crippen LogP contribution < -0.4 is 5.32 Å². The number of hydrogen-bond acceptors (Lipinski definition) is 7. The van der Waals surface area contributed by atoms with Crippen molar-refractivity contribution in [2.24, 2.45) is 0 Å². The number of anilines is 1. The van der Waals surface area contributed by atoms with Gasteiger partial charge in [0.25, 0.3) is 5.91 Å². The van der Waals surface area contributed by atoms with E-state index in [0.29, 0.717) is 22.1 Å². The molecule has 1 N–H and O–H groups in total. The maximum atomic E-state index is 11.7. The Hall–Kier alpha value is -1.83. The van der Waals surface area contributed by atoms with E-state index in [-0.39, 0.29) is 5.91 Å². The minimum Gasteiger partial charge on any atom is -0.301 e. The molecule has 15 heavy (non-hydrogen) atoms. The van der Waals surface area contributed by atoms with Crippen molar-refractivity contribution in [2.75, 3.05) is 5.32 Å². The molecule has 0 radical (unpaired) electrons. The van der Waals surface area contributed by atoms with E-state index in [4.69, 9.17) is 0 Å². The fourth-order valence-electron chi connectivity index (χ4n) is 0.949. The standard InChI is InChI=1S/C7H7N5O2S/c1-3-5(15-12-9-3)7(13)8-6-4(2)10-14-11-6/h1-2H3,(H,8,11,13). The highest BCUT2D eigenvalue weighted by atomic mass is 32.1. The average molecular weight is 225 g/mol. The van der Waals surface area contributed by atoms with Gasteiger partial charge in [0, 0.05) is 0 Å². The number of aryl methyl sites for hydroxylation is 2. The Balaban J connectivity index is 2.18. The Morgan fingerprint density at radius 3 is 2.67 bits per heavy atom. The SMILES string of the molecule is Cc1nonc1NC(=O)c1snnc1C. The molecule has 0 atom stereocenters. The fraction of sp³-hybridized carbons (Fsp3) is 0.286. The molecule has 0 fully saturated rings. The van der Waals surface area contributed by atoms with Gasteiger partial charge < -0.3 is 5.32 Å². The quantitative estimate of drug-likeness (QED) is 0.812. The number of carbonyl (C=O) groups excluding carboxylic acids is 1. The maximum Gasteiger partial charge on any atom is 0.270 e. The van der Waals surface area contributed by atoms with Crippen molar-refractivity contribution in [1.82, 2.24) is 19.9 Å². The van der Waals surface area contributed by atoms with Crippen LogP contribution in [0.25, 0.3) is 0 Å². The third-order valence-corrected chi connectivity index (χ3v) is 2.57. The minimum absolute atomic E-state index is 0.304. The van der Waals surface area contributed by atoms with Crippen LogP contribution in [0.4, 0.5) is 5.82 Å². The summed E-state index contributed by atoms with van der Waals surface area (Å²) in [6, 6.07) is 0. The molecule has 0 spiro atoms. The fourth-order valence-corrected chi connectivity index (χ4v) is 1.50. The van der Waals surface area contributed by atoms with Crippen molar-refractivity contribution < 1.29 is 9.42 Å². The topological polar surface area (TPSA) is 93.8 Å². The van der Waals surface area contributed by atoms with Crippen LogP contribution in [0.2, 0.25) is 0 Å². The molecule has 0 unspecified atom stereocenters. The Morgan fingerprint density at radius 2 is 2.13 bits per heavy atom. The summed E-state index contributed by atoms with van der Waals surface area (Å²) in [5.74, 6) is 0.00843. The van der Waals surface area contributed by atoms with Gasteiger partial charge in [0.15, 0.2) is 0 Å². The Morgan fingerprint density at radius 1 is 1.33 bits per heavy atom. The van der Waals surface area contributed by atoms with Crippen LogP contribution in [-0.2, 0) is 0 Å². The van der Waals surface area contributed by atoms with Gasteiger partial charge in [-0.25, -0.2) is 4.63 Å². The Labute approximate surface area is 88.6 Å². The first-order chi connectivity index (χ1) is 7.18. The van der Waals surface area contributed by atoms with E-state index >= 15 is 0 Å². The second-order valence-corrected chi connectivity index (χ2v) is 3.59. The lowest BCUT2D eigenvalue weighted by atomic mass is 10.3. The van der Waals surface area contributed by atoms with Crippen molar-refractivity contribution >= 4 is 23.3 Å². The first-order valence-corrected chi connectivity index (χ1v) is 4.85. The van der Waals surface area contributed by atoms with Crippen LogP contribution in [0.5, 0.6) is 0 Å². The Kier molecular flexibility index (Phi) is 2.42. The zero-order valence-corrected chi connectivity index (χ0v) is 8.83. The molecule has 1 amide bonds. The number of hydrogen-bond donors (Lipinski definition) is 1. The van der Waals surface area contributed by atoms with Gasteiger partial charge in [-0.15, -0.1) is 5.10 Å². The molecule has 0 saturated carbocycles. The normalized spacial score (nSPS) is 10.3. The number of nitrogens with zero attached hydrogens (tertiary/aromatic N) is 4. The van der Waals surface area contributed by atoms with Crippen molar-refractivity contribution in [3.63, 3.8) is 0 Å². The first-order valence-electron chi connectivity index (χ1n) is 4.08. The molecule has 0 aromatic carbocycles. The van der Waals surface area contributed by atoms with Gasteiger partial charge in [0.05, 0.1) is 5.69 Å². The van der Waals surface area contributed by atoms with E-state index in [2.05, 4.69) is 29.8 Å². The highest BCUT2D eigenvalue weighted by Gasteiger charge is 2.16. The van der Waals surface area contributed by atoms with Crippen LogP contribution in [0.1, 0.15) is 21.1 Å². The van der Waals surface area contributed by atoms with Crippen molar-refractivity contribution in [1.29, 1.82) is 0 Å². The number of aromatic nitrogens is 4. The third kappa shape index (κ3) is 1.84. The molecule has 0 saturated heterocycles. The maximum absolute atomic E-state index is 11.7. The second kappa shape index (κ2) is 3.73. The molecule has 2 rings (SSSR count). The van der Waals surface area contributed by atoms with Gasteiger partial charge in [-0.05, 0) is 30.5 Å². The first kappa shape index (κ1) is 9.71. The molecule has 0 aliphatic rings. The molecule has 7 nitrogen and oxygen atoms in total. The lowest BCUT2D eigenvalue weighted by Crippen LogP contribution is -2.12. The lowest BCUT2D eigenvalue weighted by molar-refractivity contribution is 0.102. The molecule has 8 heteroatoms. The molecule has 2 aromatic rings. The van der Waals surface area contributed by atoms with E-state index in [1.54, 1.807) is 13.8 Å². The van der Waals surface area contributed by atoms with Gasteiger partial charge in [-0.3, -0.25) is 4.79 Å². The Bertz CT molecular complexity index is 491. The van der Waals surface area contributed by atoms with E-state index in [1.807, 2.05) is 0 Å². The number of nitrogens with one attached hydrogen (secondary N) is 1. The monoisotopic (exact) mass is 225 g/mol. The predicted octanol–water partition coefficient (Wildman–Crippen LogP) is 0.790. The van der Waals surface area contributed by atoms with E-state index in [0.717, 1.165) is 11.5 Å². The van der Waals surface area contributed by atoms with Gasteiger partial charge in [-0.1, -0.05) is 9.64 Å². The lowest BCUT2D eigenvalue weighted by Gasteiger charge is -1.97. The van der Waals surface area contributed by atoms with E-state index in [1.165, 1.54) is 0 Å². The van der Waals surface area contributed by atoms with Crippen LogP contribution in [0, 0.1) is 13.8 Å². The minimum atomic E-state index is -0.304. The van der Waals surface area contributed by atoms with Crippen LogP contribution >= 0.6 is 11.5 Å². The highest BCUT2D eigenvalue weighted by molar-refractivity contribution is 7.08. The van der Waals surface area contributed by atoms with Crippen molar-refractivity contribution in [2.45, 2.75) is 13.8 Å². The van der Waals surface area contributed by atoms with Gasteiger partial charge in [0.1, 0.15) is 10.6 Å². The summed E-state index contributed by atoms with van der Waals surface area (Å²) >= 11 is 1.03. The smallest absolute Gasteiger partial charge is 0.270 e. The summed E-state index contributed by atoms with van der Waals surface area (Å²) in [4.78, 5) is 12.1. The summed E-state index contributed by atoms with van der Waals surface area (Å²) in [5.41, 5.74) is 1.12. The number of carbonyl (C=O) groups is 1. The highest BCUT2D eigenvalue weighted by Crippen LogP contribution is 2.13. The zero-order chi connectivity index (χ0) is 10.8. The number of amides is 1. The average Bonchev–Trinajstić information content (AvgIpc) is 2.76. The molecule has 78 valence electrons. The van der Waals surface area contributed by atoms with E-state index < -0.39 is 0 Å². The van der Waals surface area contributed by atoms with Gasteiger partial charge in [0.2, 0.25) is 5.82 Å².